The molecule has 0 aliphatic carbocycles. The van der Waals surface area contributed by atoms with Crippen molar-refractivity contribution in [3.8, 4) is 5.75 Å². The van der Waals surface area contributed by atoms with Gasteiger partial charge in [-0.05, 0) is 54.3 Å². The van der Waals surface area contributed by atoms with E-state index in [0.29, 0.717) is 29.8 Å². The molecule has 1 unspecified atom stereocenters. The molecular formula is C24H29N3O4. The summed E-state index contributed by atoms with van der Waals surface area (Å²) in [5.41, 5.74) is 2.75. The largest absolute Gasteiger partial charge is 0.506 e. The summed E-state index contributed by atoms with van der Waals surface area (Å²) in [5, 5.41) is 26.9. The molecule has 1 aromatic heterocycles. The lowest BCUT2D eigenvalue weighted by molar-refractivity contribution is -0.116. The summed E-state index contributed by atoms with van der Waals surface area (Å²) >= 11 is 0. The van der Waals surface area contributed by atoms with E-state index >= 15 is 0 Å². The average molecular weight is 424 g/mol. The summed E-state index contributed by atoms with van der Waals surface area (Å²) in [7, 11) is 0. The van der Waals surface area contributed by atoms with E-state index in [-0.39, 0.29) is 29.9 Å². The monoisotopic (exact) mass is 423 g/mol. The number of aliphatic hydroxyl groups is 1. The lowest BCUT2D eigenvalue weighted by atomic mass is 10.0. The van der Waals surface area contributed by atoms with Gasteiger partial charge in [0, 0.05) is 23.6 Å². The number of aromatic amines is 1. The molecule has 0 fully saturated rings. The summed E-state index contributed by atoms with van der Waals surface area (Å²) in [6.07, 6.45) is 1.23. The molecule has 0 radical (unpaired) electrons. The minimum Gasteiger partial charge on any atom is -0.506 e. The predicted octanol–water partition coefficient (Wildman–Crippen LogP) is 3.08. The van der Waals surface area contributed by atoms with E-state index < -0.39 is 0 Å². The van der Waals surface area contributed by atoms with Crippen LogP contribution in [0.1, 0.15) is 37.4 Å². The number of fused-ring (bicyclic) bond motifs is 1. The van der Waals surface area contributed by atoms with Gasteiger partial charge in [0.15, 0.2) is 0 Å². The number of aromatic nitrogens is 1. The molecule has 3 rings (SSSR count). The van der Waals surface area contributed by atoms with Crippen LogP contribution in [0.15, 0.2) is 53.3 Å². The maximum atomic E-state index is 11.9. The first-order chi connectivity index (χ1) is 14.9. The van der Waals surface area contributed by atoms with Crippen molar-refractivity contribution in [1.29, 1.82) is 0 Å². The summed E-state index contributed by atoms with van der Waals surface area (Å²) < 4.78 is 0. The highest BCUT2D eigenvalue weighted by Gasteiger charge is 2.15. The fraction of sp³-hybridized carbons (Fsp3) is 0.333. The highest BCUT2D eigenvalue weighted by molar-refractivity contribution is 5.90. The molecule has 1 amide bonds. The number of pyridine rings is 1. The van der Waals surface area contributed by atoms with Crippen molar-refractivity contribution in [1.82, 2.24) is 10.3 Å². The Morgan fingerprint density at radius 1 is 1.06 bits per heavy atom. The molecule has 1 atom stereocenters. The van der Waals surface area contributed by atoms with Crippen molar-refractivity contribution in [3.05, 3.63) is 70.0 Å². The second-order valence-corrected chi connectivity index (χ2v) is 8.07. The zero-order valence-electron chi connectivity index (χ0n) is 17.8. The minimum absolute atomic E-state index is 0.00582. The molecule has 1 heterocycles. The Kier molecular flexibility index (Phi) is 7.44. The van der Waals surface area contributed by atoms with Crippen LogP contribution in [0.2, 0.25) is 0 Å². The number of aliphatic hydroxyl groups excluding tert-OH is 1. The SMILES string of the molecule is CC(C)CC(=O)Nc1ccc(CCNC(CO)c2ccc(O)c3[nH]c(=O)ccc23)cc1. The fourth-order valence-electron chi connectivity index (χ4n) is 3.56. The maximum Gasteiger partial charge on any atom is 0.248 e. The number of hydrogen-bond donors (Lipinski definition) is 5. The number of carbonyl (C=O) groups is 1. The first-order valence-electron chi connectivity index (χ1n) is 10.5. The van der Waals surface area contributed by atoms with Gasteiger partial charge < -0.3 is 25.8 Å². The number of phenols is 1. The van der Waals surface area contributed by atoms with E-state index in [2.05, 4.69) is 15.6 Å². The zero-order valence-corrected chi connectivity index (χ0v) is 17.8. The van der Waals surface area contributed by atoms with Crippen LogP contribution in [0.3, 0.4) is 0 Å². The Labute approximate surface area is 181 Å². The van der Waals surface area contributed by atoms with E-state index in [9.17, 15) is 19.8 Å². The number of aromatic hydroxyl groups is 1. The van der Waals surface area contributed by atoms with Gasteiger partial charge in [-0.3, -0.25) is 9.59 Å². The van der Waals surface area contributed by atoms with Gasteiger partial charge in [-0.25, -0.2) is 0 Å². The van der Waals surface area contributed by atoms with Crippen LogP contribution in [0, 0.1) is 5.92 Å². The lowest BCUT2D eigenvalue weighted by Gasteiger charge is -2.19. The summed E-state index contributed by atoms with van der Waals surface area (Å²) in [5.74, 6) is 0.321. The molecule has 7 heteroatoms. The molecule has 164 valence electrons. The van der Waals surface area contributed by atoms with Crippen molar-refractivity contribution < 1.29 is 15.0 Å². The van der Waals surface area contributed by atoms with E-state index in [1.165, 1.54) is 12.1 Å². The molecule has 0 aliphatic heterocycles. The van der Waals surface area contributed by atoms with Crippen molar-refractivity contribution >= 4 is 22.5 Å². The Morgan fingerprint density at radius 2 is 1.81 bits per heavy atom. The van der Waals surface area contributed by atoms with Crippen molar-refractivity contribution in [2.75, 3.05) is 18.5 Å². The molecule has 7 nitrogen and oxygen atoms in total. The van der Waals surface area contributed by atoms with Crippen molar-refractivity contribution in [2.24, 2.45) is 5.92 Å². The van der Waals surface area contributed by atoms with Gasteiger partial charge in [-0.2, -0.15) is 0 Å². The molecular weight excluding hydrogens is 394 g/mol. The van der Waals surface area contributed by atoms with E-state index in [4.69, 9.17) is 0 Å². The molecule has 31 heavy (non-hydrogen) atoms. The average Bonchev–Trinajstić information content (AvgIpc) is 2.73. The predicted molar refractivity (Wildman–Crippen MR) is 122 cm³/mol. The smallest absolute Gasteiger partial charge is 0.248 e. The van der Waals surface area contributed by atoms with Gasteiger partial charge in [0.1, 0.15) is 5.75 Å². The number of amides is 1. The summed E-state index contributed by atoms with van der Waals surface area (Å²) in [6, 6.07) is 13.7. The molecule has 0 saturated heterocycles. The van der Waals surface area contributed by atoms with Crippen LogP contribution >= 0.6 is 0 Å². The first kappa shape index (κ1) is 22.5. The topological polar surface area (TPSA) is 114 Å². The maximum absolute atomic E-state index is 11.9. The third-order valence-corrected chi connectivity index (χ3v) is 5.10. The number of nitrogens with one attached hydrogen (secondary N) is 3. The molecule has 3 aromatic rings. The normalized spacial score (nSPS) is 12.3. The molecule has 0 saturated carbocycles. The van der Waals surface area contributed by atoms with Gasteiger partial charge in [0.25, 0.3) is 0 Å². The first-order valence-corrected chi connectivity index (χ1v) is 10.5. The Bertz CT molecular complexity index is 1090. The lowest BCUT2D eigenvalue weighted by Crippen LogP contribution is -2.27. The van der Waals surface area contributed by atoms with Crippen LogP contribution in [-0.4, -0.2) is 34.3 Å². The third-order valence-electron chi connectivity index (χ3n) is 5.10. The quantitative estimate of drug-likeness (QED) is 0.363. The van der Waals surface area contributed by atoms with E-state index in [0.717, 1.165) is 23.2 Å². The van der Waals surface area contributed by atoms with Crippen LogP contribution in [-0.2, 0) is 11.2 Å². The highest BCUT2D eigenvalue weighted by Crippen LogP contribution is 2.28. The molecule has 2 aromatic carbocycles. The summed E-state index contributed by atoms with van der Waals surface area (Å²) in [4.78, 5) is 26.1. The number of H-pyrrole nitrogens is 1. The number of phenolic OH excluding ortho intramolecular Hbond substituents is 1. The number of hydrogen-bond acceptors (Lipinski definition) is 5. The minimum atomic E-state index is -0.344. The second-order valence-electron chi connectivity index (χ2n) is 8.07. The zero-order chi connectivity index (χ0) is 22.4. The fourth-order valence-corrected chi connectivity index (χ4v) is 3.56. The number of anilines is 1. The Balaban J connectivity index is 1.62. The number of rotatable bonds is 9. The van der Waals surface area contributed by atoms with Gasteiger partial charge in [-0.15, -0.1) is 0 Å². The van der Waals surface area contributed by atoms with Crippen molar-refractivity contribution in [2.45, 2.75) is 32.7 Å². The van der Waals surface area contributed by atoms with E-state index in [1.54, 1.807) is 12.1 Å². The molecule has 0 bridgehead atoms. The Morgan fingerprint density at radius 3 is 2.48 bits per heavy atom. The molecule has 0 spiro atoms. The standard InChI is InChI=1S/C24H29N3O4/c1-15(2)13-23(31)26-17-5-3-16(4-6-17)11-12-25-20(14-28)18-7-9-21(29)24-19(18)8-10-22(30)27-24/h3-10,15,20,25,28-29H,11-14H2,1-2H3,(H,26,31)(H,27,30). The third kappa shape index (κ3) is 5.93. The summed E-state index contributed by atoms with van der Waals surface area (Å²) in [6.45, 7) is 4.51. The van der Waals surface area contributed by atoms with Gasteiger partial charge in [0.2, 0.25) is 11.5 Å². The number of benzene rings is 2. The van der Waals surface area contributed by atoms with E-state index in [1.807, 2.05) is 38.1 Å². The van der Waals surface area contributed by atoms with Crippen LogP contribution in [0.5, 0.6) is 5.75 Å². The highest BCUT2D eigenvalue weighted by atomic mass is 16.3. The van der Waals surface area contributed by atoms with Crippen LogP contribution < -0.4 is 16.2 Å². The number of carbonyl (C=O) groups excluding carboxylic acids is 1. The van der Waals surface area contributed by atoms with Gasteiger partial charge in [0.05, 0.1) is 18.2 Å². The van der Waals surface area contributed by atoms with Crippen molar-refractivity contribution in [3.63, 3.8) is 0 Å². The second kappa shape index (κ2) is 10.2. The molecule has 0 aliphatic rings. The Hall–Kier alpha value is -3.16. The van der Waals surface area contributed by atoms with Gasteiger partial charge in [-0.1, -0.05) is 32.0 Å². The molecule has 5 N–H and O–H groups in total. The van der Waals surface area contributed by atoms with Gasteiger partial charge >= 0.3 is 0 Å². The van der Waals surface area contributed by atoms with Crippen LogP contribution in [0.25, 0.3) is 10.9 Å². The van der Waals surface area contributed by atoms with Crippen LogP contribution in [0.4, 0.5) is 5.69 Å².